The predicted octanol–water partition coefficient (Wildman–Crippen LogP) is 0.318. The summed E-state index contributed by atoms with van der Waals surface area (Å²) in [4.78, 5) is 10.1. The summed E-state index contributed by atoms with van der Waals surface area (Å²) in [6, 6.07) is 1.27. The van der Waals surface area contributed by atoms with Crippen LogP contribution in [0.4, 0.5) is 0 Å². The van der Waals surface area contributed by atoms with E-state index < -0.39 is 15.4 Å². The molecule has 1 aromatic rings. The van der Waals surface area contributed by atoms with Crippen molar-refractivity contribution in [2.24, 2.45) is 0 Å². The van der Waals surface area contributed by atoms with Crippen molar-refractivity contribution < 1.29 is 22.2 Å². The van der Waals surface area contributed by atoms with Crippen molar-refractivity contribution in [2.75, 3.05) is 0 Å². The Kier molecular flexibility index (Phi) is 2.30. The van der Waals surface area contributed by atoms with E-state index in [0.717, 1.165) is 6.26 Å². The minimum absolute atomic E-state index is 0.0625. The number of hydrogen-bond acceptors (Lipinski definition) is 4. The first-order valence-corrected chi connectivity index (χ1v) is 4.42. The van der Waals surface area contributed by atoms with Gasteiger partial charge in [-0.05, 0) is 6.07 Å². The van der Waals surface area contributed by atoms with Gasteiger partial charge < -0.3 is 4.42 Å². The van der Waals surface area contributed by atoms with E-state index in [1.165, 1.54) is 18.6 Å². The molecule has 0 fully saturated rings. The van der Waals surface area contributed by atoms with E-state index >= 15 is 0 Å². The Bertz CT molecular complexity index is 349. The van der Waals surface area contributed by atoms with Crippen molar-refractivity contribution in [2.45, 2.75) is 5.25 Å². The molecule has 1 atom stereocenters. The molecule has 0 aliphatic heterocycles. The zero-order valence-corrected chi connectivity index (χ0v) is 6.61. The largest absolute Gasteiger partial charge is 0.472 e. The van der Waals surface area contributed by atoms with Gasteiger partial charge in [0.05, 0.1) is 12.5 Å². The number of rotatable bonds is 3. The van der Waals surface area contributed by atoms with E-state index in [1.54, 1.807) is 0 Å². The van der Waals surface area contributed by atoms with E-state index in [4.69, 9.17) is 4.55 Å². The monoisotopic (exact) mass is 189 g/mol. The molecule has 1 rings (SSSR count). The molecule has 5 nitrogen and oxygen atoms in total. The molecule has 0 aliphatic rings. The molecular formula is C6H5O5S. The van der Waals surface area contributed by atoms with Crippen LogP contribution in [0.25, 0.3) is 0 Å². The van der Waals surface area contributed by atoms with Gasteiger partial charge in [0, 0.05) is 5.56 Å². The van der Waals surface area contributed by atoms with Crippen molar-refractivity contribution in [1.29, 1.82) is 0 Å². The van der Waals surface area contributed by atoms with Gasteiger partial charge in [-0.25, -0.2) is 0 Å². The summed E-state index contributed by atoms with van der Waals surface area (Å²) in [5, 5.41) is -1.67. The zero-order chi connectivity index (χ0) is 9.19. The minimum atomic E-state index is -4.42. The van der Waals surface area contributed by atoms with Gasteiger partial charge in [-0.3, -0.25) is 9.35 Å². The fourth-order valence-corrected chi connectivity index (χ4v) is 1.32. The van der Waals surface area contributed by atoms with Crippen LogP contribution >= 0.6 is 0 Å². The van der Waals surface area contributed by atoms with Crippen LogP contribution in [0.3, 0.4) is 0 Å². The summed E-state index contributed by atoms with van der Waals surface area (Å²) >= 11 is 0. The maximum atomic E-state index is 10.5. The average Bonchev–Trinajstić information content (AvgIpc) is 2.38. The lowest BCUT2D eigenvalue weighted by Gasteiger charge is -2.00. The van der Waals surface area contributed by atoms with Crippen LogP contribution in [0, 0.1) is 0 Å². The summed E-state index contributed by atoms with van der Waals surface area (Å²) < 4.78 is 34.1. The highest BCUT2D eigenvalue weighted by atomic mass is 32.2. The van der Waals surface area contributed by atoms with Gasteiger partial charge in [-0.15, -0.1) is 0 Å². The Morgan fingerprint density at radius 3 is 2.58 bits per heavy atom. The lowest BCUT2D eigenvalue weighted by Crippen LogP contribution is -2.12. The molecule has 1 aromatic heterocycles. The minimum Gasteiger partial charge on any atom is -0.472 e. The fraction of sp³-hybridized carbons (Fsp3) is 0.167. The van der Waals surface area contributed by atoms with Crippen LogP contribution in [-0.4, -0.2) is 19.3 Å². The summed E-state index contributed by atoms with van der Waals surface area (Å²) in [6.45, 7) is 0. The number of carbonyl (C=O) groups excluding carboxylic acids is 1. The van der Waals surface area contributed by atoms with Gasteiger partial charge in [0.1, 0.15) is 0 Å². The molecule has 1 heterocycles. The molecule has 1 N–H and O–H groups in total. The zero-order valence-electron chi connectivity index (χ0n) is 5.80. The van der Waals surface area contributed by atoms with E-state index in [2.05, 4.69) is 4.42 Å². The highest BCUT2D eigenvalue weighted by Crippen LogP contribution is 2.18. The molecule has 0 amide bonds. The van der Waals surface area contributed by atoms with E-state index in [9.17, 15) is 13.2 Å². The maximum absolute atomic E-state index is 10.5. The molecule has 1 unspecified atom stereocenters. The Morgan fingerprint density at radius 1 is 1.58 bits per heavy atom. The molecule has 0 saturated heterocycles. The second-order valence-electron chi connectivity index (χ2n) is 2.07. The quantitative estimate of drug-likeness (QED) is 0.692. The van der Waals surface area contributed by atoms with Crippen molar-refractivity contribution in [3.8, 4) is 0 Å². The third kappa shape index (κ3) is 1.72. The molecule has 0 aliphatic carbocycles. The summed E-state index contributed by atoms with van der Waals surface area (Å²) in [7, 11) is -4.42. The van der Waals surface area contributed by atoms with Crippen molar-refractivity contribution in [1.82, 2.24) is 0 Å². The van der Waals surface area contributed by atoms with Gasteiger partial charge in [0.2, 0.25) is 6.29 Å². The third-order valence-corrected chi connectivity index (χ3v) is 2.21. The van der Waals surface area contributed by atoms with E-state index in [0.29, 0.717) is 0 Å². The molecule has 12 heavy (non-hydrogen) atoms. The first-order chi connectivity index (χ1) is 5.55. The SMILES string of the molecule is O=[C]C(c1ccoc1)S(=O)(=O)O. The Balaban J connectivity index is 3.08. The average molecular weight is 189 g/mol. The van der Waals surface area contributed by atoms with Crippen molar-refractivity contribution in [3.63, 3.8) is 0 Å². The van der Waals surface area contributed by atoms with E-state index in [-0.39, 0.29) is 5.56 Å². The van der Waals surface area contributed by atoms with Gasteiger partial charge in [0.25, 0.3) is 10.1 Å². The predicted molar refractivity (Wildman–Crippen MR) is 38.7 cm³/mol. The first kappa shape index (κ1) is 8.95. The third-order valence-electron chi connectivity index (χ3n) is 1.25. The number of hydrogen-bond donors (Lipinski definition) is 1. The molecule has 0 saturated carbocycles. The van der Waals surface area contributed by atoms with Crippen molar-refractivity contribution in [3.05, 3.63) is 24.2 Å². The molecule has 1 radical (unpaired) electrons. The van der Waals surface area contributed by atoms with Gasteiger partial charge in [0.15, 0.2) is 5.25 Å². The Morgan fingerprint density at radius 2 is 2.25 bits per heavy atom. The second-order valence-corrected chi connectivity index (χ2v) is 3.57. The second kappa shape index (κ2) is 3.08. The van der Waals surface area contributed by atoms with Crippen LogP contribution < -0.4 is 0 Å². The summed E-state index contributed by atoms with van der Waals surface area (Å²) in [5.74, 6) is 0. The van der Waals surface area contributed by atoms with Gasteiger partial charge >= 0.3 is 0 Å². The maximum Gasteiger partial charge on any atom is 0.279 e. The first-order valence-electron chi connectivity index (χ1n) is 2.92. The Hall–Kier alpha value is -1.14. The van der Waals surface area contributed by atoms with Gasteiger partial charge in [-0.2, -0.15) is 8.42 Å². The highest BCUT2D eigenvalue weighted by Gasteiger charge is 2.26. The topological polar surface area (TPSA) is 84.6 Å². The standard InChI is InChI=1S/C6H5O5S/c7-3-6(12(8,9)10)5-1-2-11-4-5/h1-2,4,6H,(H,8,9,10). The van der Waals surface area contributed by atoms with E-state index in [1.807, 2.05) is 0 Å². The van der Waals surface area contributed by atoms with Crippen LogP contribution in [0.5, 0.6) is 0 Å². The Labute approximate surface area is 68.7 Å². The van der Waals surface area contributed by atoms with Crippen LogP contribution in [0.1, 0.15) is 10.8 Å². The summed E-state index contributed by atoms with van der Waals surface area (Å²) in [6.07, 6.45) is 3.45. The lowest BCUT2D eigenvalue weighted by molar-refractivity contribution is 0.473. The fourth-order valence-electron chi connectivity index (χ4n) is 0.725. The smallest absolute Gasteiger partial charge is 0.279 e. The highest BCUT2D eigenvalue weighted by molar-refractivity contribution is 7.86. The molecule has 0 aromatic carbocycles. The number of furan rings is 1. The molecule has 0 spiro atoms. The van der Waals surface area contributed by atoms with Crippen LogP contribution in [0.2, 0.25) is 0 Å². The van der Waals surface area contributed by atoms with Crippen LogP contribution in [0.15, 0.2) is 23.0 Å². The van der Waals surface area contributed by atoms with Crippen molar-refractivity contribution >= 4 is 16.4 Å². The van der Waals surface area contributed by atoms with Crippen LogP contribution in [-0.2, 0) is 14.9 Å². The molecular weight excluding hydrogens is 184 g/mol. The lowest BCUT2D eigenvalue weighted by atomic mass is 10.3. The van der Waals surface area contributed by atoms with Gasteiger partial charge in [-0.1, -0.05) is 0 Å². The normalized spacial score (nSPS) is 14.1. The molecule has 6 heteroatoms. The molecule has 0 bridgehead atoms. The summed E-state index contributed by atoms with van der Waals surface area (Å²) in [5.41, 5.74) is 0.0625. The molecule has 65 valence electrons.